The Balaban J connectivity index is 1.87. The monoisotopic (exact) mass is 386 g/mol. The Morgan fingerprint density at radius 2 is 2.04 bits per heavy atom. The molecule has 2 aliphatic rings. The quantitative estimate of drug-likeness (QED) is 0.770. The van der Waals surface area contributed by atoms with Crippen molar-refractivity contribution < 1.29 is 19.1 Å². The number of nitrogens with zero attached hydrogens (tertiary/aromatic N) is 2. The van der Waals surface area contributed by atoms with E-state index in [4.69, 9.17) is 4.74 Å². The number of amides is 4. The first kappa shape index (κ1) is 19.7. The number of urea groups is 1. The minimum atomic E-state index is -0.619. The van der Waals surface area contributed by atoms with Gasteiger partial charge >= 0.3 is 6.03 Å². The van der Waals surface area contributed by atoms with E-state index in [9.17, 15) is 14.4 Å². The van der Waals surface area contributed by atoms with Gasteiger partial charge in [0.1, 0.15) is 12.3 Å². The summed E-state index contributed by atoms with van der Waals surface area (Å²) in [6, 6.07) is 6.36. The Morgan fingerprint density at radius 1 is 1.32 bits per heavy atom. The molecule has 3 rings (SSSR count). The Labute approximate surface area is 164 Å². The molecule has 2 heterocycles. The van der Waals surface area contributed by atoms with E-state index in [2.05, 4.69) is 10.6 Å². The molecule has 0 radical (unpaired) electrons. The van der Waals surface area contributed by atoms with Crippen LogP contribution in [0.3, 0.4) is 0 Å². The van der Waals surface area contributed by atoms with Crippen LogP contribution >= 0.6 is 0 Å². The molecule has 0 aromatic heterocycles. The molecular weight excluding hydrogens is 360 g/mol. The number of benzene rings is 1. The van der Waals surface area contributed by atoms with Gasteiger partial charge in [0.25, 0.3) is 5.91 Å². The van der Waals surface area contributed by atoms with Gasteiger partial charge in [-0.05, 0) is 12.0 Å². The molecule has 1 aromatic rings. The second-order valence-corrected chi connectivity index (χ2v) is 7.40. The largest absolute Gasteiger partial charge is 0.496 e. The SMILES string of the molecule is COc1ccccc1[C@H]1NC(=O)N(C)C2=C1C(=O)N(CC(=O)NCC(C)C)C2. The zero-order chi connectivity index (χ0) is 20.4. The molecule has 1 atom stereocenters. The van der Waals surface area contributed by atoms with Gasteiger partial charge in [-0.2, -0.15) is 0 Å². The fraction of sp³-hybridized carbons (Fsp3) is 0.450. The maximum atomic E-state index is 13.1. The summed E-state index contributed by atoms with van der Waals surface area (Å²) in [5.41, 5.74) is 1.79. The van der Waals surface area contributed by atoms with Gasteiger partial charge in [0, 0.05) is 19.2 Å². The number of carbonyl (C=O) groups is 3. The lowest BCUT2D eigenvalue weighted by Crippen LogP contribution is -2.45. The lowest BCUT2D eigenvalue weighted by molar-refractivity contribution is -0.132. The number of likely N-dealkylation sites (N-methyl/N-ethyl adjacent to an activating group) is 1. The van der Waals surface area contributed by atoms with Crippen LogP contribution < -0.4 is 15.4 Å². The summed E-state index contributed by atoms with van der Waals surface area (Å²) in [5.74, 6) is 0.452. The molecule has 0 saturated carbocycles. The van der Waals surface area contributed by atoms with Crippen molar-refractivity contribution in [3.63, 3.8) is 0 Å². The number of hydrogen-bond acceptors (Lipinski definition) is 4. The molecule has 0 spiro atoms. The van der Waals surface area contributed by atoms with E-state index in [1.807, 2.05) is 32.0 Å². The van der Waals surface area contributed by atoms with Crippen molar-refractivity contribution in [3.05, 3.63) is 41.1 Å². The van der Waals surface area contributed by atoms with Gasteiger partial charge in [0.15, 0.2) is 0 Å². The third-order valence-electron chi connectivity index (χ3n) is 4.93. The molecule has 8 nitrogen and oxygen atoms in total. The average Bonchev–Trinajstić information content (AvgIpc) is 2.99. The Morgan fingerprint density at radius 3 is 2.71 bits per heavy atom. The van der Waals surface area contributed by atoms with Crippen molar-refractivity contribution in [1.82, 2.24) is 20.4 Å². The fourth-order valence-electron chi connectivity index (χ4n) is 3.44. The number of para-hydroxylation sites is 1. The molecule has 0 aliphatic carbocycles. The van der Waals surface area contributed by atoms with Crippen molar-refractivity contribution in [2.75, 3.05) is 33.8 Å². The third-order valence-corrected chi connectivity index (χ3v) is 4.93. The van der Waals surface area contributed by atoms with E-state index >= 15 is 0 Å². The number of hydrogen-bond donors (Lipinski definition) is 2. The van der Waals surface area contributed by atoms with Crippen LogP contribution in [0.4, 0.5) is 4.79 Å². The maximum Gasteiger partial charge on any atom is 0.322 e. The van der Waals surface area contributed by atoms with Crippen LogP contribution in [0, 0.1) is 5.92 Å². The Hall–Kier alpha value is -3.03. The van der Waals surface area contributed by atoms with E-state index < -0.39 is 6.04 Å². The minimum Gasteiger partial charge on any atom is -0.496 e. The van der Waals surface area contributed by atoms with Crippen molar-refractivity contribution in [3.8, 4) is 5.75 Å². The highest BCUT2D eigenvalue weighted by atomic mass is 16.5. The highest BCUT2D eigenvalue weighted by Gasteiger charge is 2.43. The molecular formula is C20H26N4O4. The molecule has 0 saturated heterocycles. The number of rotatable bonds is 6. The predicted molar refractivity (Wildman–Crippen MR) is 103 cm³/mol. The van der Waals surface area contributed by atoms with Crippen LogP contribution in [0.5, 0.6) is 5.75 Å². The lowest BCUT2D eigenvalue weighted by Gasteiger charge is -2.31. The molecule has 0 unspecified atom stereocenters. The first-order chi connectivity index (χ1) is 13.3. The van der Waals surface area contributed by atoms with Crippen LogP contribution in [0.15, 0.2) is 35.5 Å². The summed E-state index contributed by atoms with van der Waals surface area (Å²) in [5, 5.41) is 5.70. The molecule has 0 fully saturated rings. The number of carbonyl (C=O) groups excluding carboxylic acids is 3. The summed E-state index contributed by atoms with van der Waals surface area (Å²) in [6.45, 7) is 4.74. The number of methoxy groups -OCH3 is 1. The van der Waals surface area contributed by atoms with Crippen molar-refractivity contribution in [2.24, 2.45) is 5.92 Å². The average molecular weight is 386 g/mol. The molecule has 2 N–H and O–H groups in total. The van der Waals surface area contributed by atoms with Crippen molar-refractivity contribution >= 4 is 17.8 Å². The highest BCUT2D eigenvalue weighted by molar-refractivity contribution is 6.03. The molecule has 4 amide bonds. The van der Waals surface area contributed by atoms with Crippen LogP contribution in [0.2, 0.25) is 0 Å². The third kappa shape index (κ3) is 3.67. The highest BCUT2D eigenvalue weighted by Crippen LogP contribution is 2.38. The van der Waals surface area contributed by atoms with E-state index in [1.54, 1.807) is 20.2 Å². The molecule has 2 aliphatic heterocycles. The van der Waals surface area contributed by atoms with Gasteiger partial charge in [-0.25, -0.2) is 4.79 Å². The van der Waals surface area contributed by atoms with Crippen molar-refractivity contribution in [1.29, 1.82) is 0 Å². The van der Waals surface area contributed by atoms with Gasteiger partial charge in [-0.15, -0.1) is 0 Å². The second kappa shape index (κ2) is 7.92. The van der Waals surface area contributed by atoms with Gasteiger partial charge in [0.05, 0.1) is 31.0 Å². The smallest absolute Gasteiger partial charge is 0.322 e. The zero-order valence-corrected chi connectivity index (χ0v) is 16.6. The Kier molecular flexibility index (Phi) is 5.58. The normalized spacial score (nSPS) is 19.1. The maximum absolute atomic E-state index is 13.1. The fourth-order valence-corrected chi connectivity index (χ4v) is 3.44. The van der Waals surface area contributed by atoms with Crippen molar-refractivity contribution in [2.45, 2.75) is 19.9 Å². The standard InChI is InChI=1S/C20H26N4O4/c1-12(2)9-21-16(25)11-24-10-14-17(19(24)26)18(22-20(27)23(14)3)13-7-5-6-8-15(13)28-4/h5-8,12,18H,9-11H2,1-4H3,(H,21,25)(H,22,27)/t18-/m1/s1. The zero-order valence-electron chi connectivity index (χ0n) is 16.6. The molecule has 0 bridgehead atoms. The lowest BCUT2D eigenvalue weighted by atomic mass is 9.95. The van der Waals surface area contributed by atoms with Gasteiger partial charge < -0.3 is 20.3 Å². The summed E-state index contributed by atoms with van der Waals surface area (Å²) < 4.78 is 5.41. The van der Waals surface area contributed by atoms with Crippen LogP contribution in [0.1, 0.15) is 25.5 Å². The Bertz CT molecular complexity index is 833. The number of ether oxygens (including phenoxy) is 1. The predicted octanol–water partition coefficient (Wildman–Crippen LogP) is 1.26. The molecule has 8 heteroatoms. The second-order valence-electron chi connectivity index (χ2n) is 7.40. The van der Waals surface area contributed by atoms with E-state index in [-0.39, 0.29) is 30.9 Å². The minimum absolute atomic E-state index is 0.0424. The van der Waals surface area contributed by atoms with Gasteiger partial charge in [-0.3, -0.25) is 14.5 Å². The summed E-state index contributed by atoms with van der Waals surface area (Å²) >= 11 is 0. The van der Waals surface area contributed by atoms with Gasteiger partial charge in [-0.1, -0.05) is 32.0 Å². The van der Waals surface area contributed by atoms with E-state index in [0.29, 0.717) is 35.0 Å². The first-order valence-corrected chi connectivity index (χ1v) is 9.29. The van der Waals surface area contributed by atoms with Gasteiger partial charge in [0.2, 0.25) is 5.91 Å². The molecule has 28 heavy (non-hydrogen) atoms. The summed E-state index contributed by atoms with van der Waals surface area (Å²) in [4.78, 5) is 40.7. The van der Waals surface area contributed by atoms with Crippen LogP contribution in [0.25, 0.3) is 0 Å². The molecule has 1 aromatic carbocycles. The van der Waals surface area contributed by atoms with Crippen LogP contribution in [-0.2, 0) is 9.59 Å². The number of nitrogens with one attached hydrogen (secondary N) is 2. The van der Waals surface area contributed by atoms with E-state index in [1.165, 1.54) is 9.80 Å². The van der Waals surface area contributed by atoms with Crippen LogP contribution in [-0.4, -0.2) is 61.4 Å². The topological polar surface area (TPSA) is 91.0 Å². The summed E-state index contributed by atoms with van der Waals surface area (Å²) in [6.07, 6.45) is 0. The van der Waals surface area contributed by atoms with E-state index in [0.717, 1.165) is 0 Å². The summed E-state index contributed by atoms with van der Waals surface area (Å²) in [7, 11) is 3.17. The first-order valence-electron chi connectivity index (χ1n) is 9.29. The molecule has 150 valence electrons.